The van der Waals surface area contributed by atoms with E-state index >= 15 is 0 Å². The number of aromatic amines is 1. The van der Waals surface area contributed by atoms with Crippen LogP contribution in [0.5, 0.6) is 0 Å². The largest absolute Gasteiger partial charge is 0.378 e. The Hall–Kier alpha value is -2.56. The Morgan fingerprint density at radius 3 is 2.48 bits per heavy atom. The summed E-state index contributed by atoms with van der Waals surface area (Å²) in [6.45, 7) is 4.09. The second-order valence-electron chi connectivity index (χ2n) is 7.08. The minimum Gasteiger partial charge on any atom is -0.378 e. The number of ether oxygens (including phenoxy) is 1. The summed E-state index contributed by atoms with van der Waals surface area (Å²) in [5.41, 5.74) is 1.14. The lowest BCUT2D eigenvalue weighted by molar-refractivity contribution is 0.101. The van der Waals surface area contributed by atoms with Gasteiger partial charge in [-0.05, 0) is 19.1 Å². The number of H-pyrrole nitrogens is 1. The summed E-state index contributed by atoms with van der Waals surface area (Å²) in [5, 5.41) is 0. The quantitative estimate of drug-likeness (QED) is 0.722. The lowest BCUT2D eigenvalue weighted by Gasteiger charge is -2.30. The number of sulfonamides is 1. The maximum absolute atomic E-state index is 13.0. The number of morpholine rings is 1. The van der Waals surface area contributed by atoms with Gasteiger partial charge in [0.25, 0.3) is 5.56 Å². The molecular weight excluding hydrogens is 396 g/mol. The summed E-state index contributed by atoms with van der Waals surface area (Å²) in [5.74, 6) is 0.378. The molecule has 1 saturated heterocycles. The van der Waals surface area contributed by atoms with Gasteiger partial charge in [0.15, 0.2) is 5.78 Å². The van der Waals surface area contributed by atoms with Crippen LogP contribution in [0.25, 0.3) is 0 Å². The number of carbonyl (C=O) groups is 1. The van der Waals surface area contributed by atoms with Crippen molar-refractivity contribution in [2.75, 3.05) is 37.7 Å². The van der Waals surface area contributed by atoms with Gasteiger partial charge in [0.1, 0.15) is 0 Å². The number of nitrogens with zero attached hydrogens (tertiary/aromatic N) is 3. The number of nitrogens with one attached hydrogen (secondary N) is 1. The Morgan fingerprint density at radius 1 is 1.14 bits per heavy atom. The number of carbonyl (C=O) groups excluding carboxylic acids is 1. The maximum atomic E-state index is 13.0. The smallest absolute Gasteiger partial charge is 0.257 e. The third kappa shape index (κ3) is 3.83. The first kappa shape index (κ1) is 19.7. The van der Waals surface area contributed by atoms with Crippen molar-refractivity contribution < 1.29 is 17.9 Å². The summed E-state index contributed by atoms with van der Waals surface area (Å²) >= 11 is 0. The number of ketones is 1. The van der Waals surface area contributed by atoms with Crippen LogP contribution >= 0.6 is 0 Å². The zero-order valence-electron chi connectivity index (χ0n) is 16.1. The van der Waals surface area contributed by atoms with Crippen LogP contribution < -0.4 is 10.5 Å². The second-order valence-corrected chi connectivity index (χ2v) is 9.02. The molecule has 1 aromatic heterocycles. The molecule has 0 aliphatic carbocycles. The van der Waals surface area contributed by atoms with E-state index in [0.29, 0.717) is 55.5 Å². The first-order valence-electron chi connectivity index (χ1n) is 9.42. The molecule has 0 saturated carbocycles. The van der Waals surface area contributed by atoms with Crippen LogP contribution in [-0.2, 0) is 27.7 Å². The zero-order chi connectivity index (χ0) is 20.6. The lowest BCUT2D eigenvalue weighted by Crippen LogP contribution is -2.42. The monoisotopic (exact) mass is 418 g/mol. The number of anilines is 1. The highest BCUT2D eigenvalue weighted by atomic mass is 32.2. The van der Waals surface area contributed by atoms with Crippen molar-refractivity contribution >= 4 is 21.8 Å². The normalized spacial score (nSPS) is 17.8. The fourth-order valence-electron chi connectivity index (χ4n) is 3.53. The van der Waals surface area contributed by atoms with E-state index < -0.39 is 10.0 Å². The van der Waals surface area contributed by atoms with E-state index in [9.17, 15) is 18.0 Å². The highest BCUT2D eigenvalue weighted by Crippen LogP contribution is 2.24. The molecular formula is C19H22N4O5S. The molecule has 0 unspecified atom stereocenters. The van der Waals surface area contributed by atoms with Gasteiger partial charge < -0.3 is 9.64 Å². The van der Waals surface area contributed by atoms with Crippen LogP contribution in [0.15, 0.2) is 34.0 Å². The predicted molar refractivity (Wildman–Crippen MR) is 106 cm³/mol. The standard InChI is InChI=1S/C19H22N4O5S/c1-13(24)14-2-4-15(5-3-14)29(26,27)23-7-6-17-16(12-23)18(25)21-19(20-17)22-8-10-28-11-9-22/h2-5H,6-12H2,1H3,(H,20,21,25). The van der Waals surface area contributed by atoms with Crippen LogP contribution in [0.2, 0.25) is 0 Å². The van der Waals surface area contributed by atoms with E-state index in [1.54, 1.807) is 0 Å². The predicted octanol–water partition coefficient (Wildman–Crippen LogP) is 0.556. The summed E-state index contributed by atoms with van der Waals surface area (Å²) in [6.07, 6.45) is 0.362. The van der Waals surface area contributed by atoms with Crippen molar-refractivity contribution in [1.29, 1.82) is 0 Å². The Balaban J connectivity index is 1.59. The molecule has 0 amide bonds. The highest BCUT2D eigenvalue weighted by molar-refractivity contribution is 7.89. The van der Waals surface area contributed by atoms with Crippen LogP contribution in [0, 0.1) is 0 Å². The molecule has 154 valence electrons. The van der Waals surface area contributed by atoms with Crippen molar-refractivity contribution in [3.63, 3.8) is 0 Å². The fourth-order valence-corrected chi connectivity index (χ4v) is 4.94. The van der Waals surface area contributed by atoms with Crippen molar-refractivity contribution in [2.24, 2.45) is 0 Å². The molecule has 0 bridgehead atoms. The van der Waals surface area contributed by atoms with Crippen molar-refractivity contribution in [2.45, 2.75) is 24.8 Å². The van der Waals surface area contributed by atoms with E-state index in [4.69, 9.17) is 4.74 Å². The first-order chi connectivity index (χ1) is 13.9. The van der Waals surface area contributed by atoms with Gasteiger partial charge in [0.05, 0.1) is 29.4 Å². The minimum atomic E-state index is -3.78. The Bertz CT molecular complexity index is 1090. The van der Waals surface area contributed by atoms with Gasteiger partial charge in [-0.2, -0.15) is 4.31 Å². The average Bonchev–Trinajstić information content (AvgIpc) is 2.74. The van der Waals surface area contributed by atoms with Gasteiger partial charge >= 0.3 is 0 Å². The SMILES string of the molecule is CC(=O)c1ccc(S(=O)(=O)N2CCc3nc(N4CCOCC4)[nH]c(=O)c3C2)cc1. The number of hydrogen-bond acceptors (Lipinski definition) is 7. The van der Waals surface area contributed by atoms with Crippen LogP contribution in [0.1, 0.15) is 28.5 Å². The molecule has 4 rings (SSSR count). The summed E-state index contributed by atoms with van der Waals surface area (Å²) in [6, 6.07) is 5.84. The zero-order valence-corrected chi connectivity index (χ0v) is 16.9. The summed E-state index contributed by atoms with van der Waals surface area (Å²) < 4.78 is 32.6. The van der Waals surface area contributed by atoms with E-state index in [2.05, 4.69) is 9.97 Å². The van der Waals surface area contributed by atoms with Crippen molar-refractivity contribution in [1.82, 2.24) is 14.3 Å². The molecule has 0 spiro atoms. The average molecular weight is 418 g/mol. The Kier molecular flexibility index (Phi) is 5.24. The molecule has 1 aromatic carbocycles. The van der Waals surface area contributed by atoms with Crippen LogP contribution in [-0.4, -0.2) is 61.3 Å². The third-order valence-electron chi connectivity index (χ3n) is 5.23. The molecule has 2 aliphatic heterocycles. The first-order valence-corrected chi connectivity index (χ1v) is 10.9. The molecule has 1 N–H and O–H groups in total. The highest BCUT2D eigenvalue weighted by Gasteiger charge is 2.31. The molecule has 2 aromatic rings. The van der Waals surface area contributed by atoms with Crippen LogP contribution in [0.3, 0.4) is 0 Å². The van der Waals surface area contributed by atoms with Gasteiger partial charge in [-0.25, -0.2) is 13.4 Å². The Morgan fingerprint density at radius 2 is 1.83 bits per heavy atom. The molecule has 3 heterocycles. The molecule has 10 heteroatoms. The number of fused-ring (bicyclic) bond motifs is 1. The summed E-state index contributed by atoms with van der Waals surface area (Å²) in [7, 11) is -3.78. The van der Waals surface area contributed by atoms with Crippen LogP contribution in [0.4, 0.5) is 5.95 Å². The van der Waals surface area contributed by atoms with Gasteiger partial charge in [-0.15, -0.1) is 0 Å². The Labute approximate surface area is 168 Å². The topological polar surface area (TPSA) is 113 Å². The molecule has 0 radical (unpaired) electrons. The number of aromatic nitrogens is 2. The third-order valence-corrected chi connectivity index (χ3v) is 7.09. The van der Waals surface area contributed by atoms with E-state index in [1.807, 2.05) is 4.90 Å². The maximum Gasteiger partial charge on any atom is 0.257 e. The van der Waals surface area contributed by atoms with Gasteiger partial charge in [-0.3, -0.25) is 14.6 Å². The van der Waals surface area contributed by atoms with Gasteiger partial charge in [0.2, 0.25) is 16.0 Å². The molecule has 0 atom stereocenters. The molecule has 2 aliphatic rings. The molecule has 1 fully saturated rings. The molecule has 9 nitrogen and oxygen atoms in total. The molecule has 29 heavy (non-hydrogen) atoms. The minimum absolute atomic E-state index is 0.0299. The number of rotatable bonds is 4. The number of benzene rings is 1. The van der Waals surface area contributed by atoms with E-state index in [1.165, 1.54) is 35.5 Å². The van der Waals surface area contributed by atoms with Gasteiger partial charge in [0, 0.05) is 38.2 Å². The van der Waals surface area contributed by atoms with Gasteiger partial charge in [-0.1, -0.05) is 12.1 Å². The van der Waals surface area contributed by atoms with E-state index in [0.717, 1.165) is 0 Å². The van der Waals surface area contributed by atoms with Crippen molar-refractivity contribution in [3.05, 3.63) is 51.4 Å². The summed E-state index contributed by atoms with van der Waals surface area (Å²) in [4.78, 5) is 33.5. The second kappa shape index (κ2) is 7.69. The lowest BCUT2D eigenvalue weighted by atomic mass is 10.1. The fraction of sp³-hybridized carbons (Fsp3) is 0.421. The van der Waals surface area contributed by atoms with E-state index in [-0.39, 0.29) is 29.3 Å². The number of Topliss-reactive ketones (excluding diaryl/α,β-unsaturated/α-hetero) is 1. The number of hydrogen-bond donors (Lipinski definition) is 1. The van der Waals surface area contributed by atoms with Crippen molar-refractivity contribution in [3.8, 4) is 0 Å².